The van der Waals surface area contributed by atoms with Crippen LogP contribution >= 0.6 is 24.6 Å². The lowest BCUT2D eigenvalue weighted by molar-refractivity contribution is -0.132. The minimum Gasteiger partial charge on any atom is -0.478 e. The first-order chi connectivity index (χ1) is 14.9. The minimum absolute atomic E-state index is 0. The molecule has 0 bridgehead atoms. The third-order valence-corrected chi connectivity index (χ3v) is 6.95. The number of nitrogens with zero attached hydrogens (tertiary/aromatic N) is 1. The molecule has 0 saturated heterocycles. The fourth-order valence-electron chi connectivity index (χ4n) is 5.21. The first kappa shape index (κ1) is 24.4. The standard InChI is InChI=1S/C23H25F2N3O2S.ClH/c1-2-15-17(10-26)19(12-3-4-16-13(7-12)8-14(24)9-18(16)25)22(31)20(23(29)30)21(15)28-6-5-27-11-28;/h5-6,8-9,12,19,27H,2-4,7,10-11,26H2,1H3,(H,29,30);1H. The first-order valence-electron chi connectivity index (χ1n) is 10.4. The minimum atomic E-state index is -1.07. The normalized spacial score (nSPS) is 22.6. The van der Waals surface area contributed by atoms with Gasteiger partial charge in [-0.25, -0.2) is 13.6 Å². The second kappa shape index (κ2) is 9.68. The molecule has 4 rings (SSSR count). The molecule has 5 nitrogen and oxygen atoms in total. The average molecular weight is 482 g/mol. The summed E-state index contributed by atoms with van der Waals surface area (Å²) in [6.45, 7) is 2.68. The van der Waals surface area contributed by atoms with Crippen LogP contribution in [0.4, 0.5) is 8.78 Å². The Morgan fingerprint density at radius 1 is 1.38 bits per heavy atom. The summed E-state index contributed by atoms with van der Waals surface area (Å²) >= 11 is 5.76. The molecule has 1 aromatic rings. The predicted molar refractivity (Wildman–Crippen MR) is 125 cm³/mol. The van der Waals surface area contributed by atoms with Crippen LogP contribution in [0.5, 0.6) is 0 Å². The number of carboxylic acid groups (broad SMARTS) is 1. The van der Waals surface area contributed by atoms with Gasteiger partial charge in [-0.05, 0) is 59.9 Å². The van der Waals surface area contributed by atoms with E-state index in [0.29, 0.717) is 54.0 Å². The number of nitrogens with one attached hydrogen (secondary N) is 1. The van der Waals surface area contributed by atoms with Crippen LogP contribution in [-0.2, 0) is 17.6 Å². The number of carboxylic acids is 1. The van der Waals surface area contributed by atoms with Crippen LogP contribution in [0.1, 0.15) is 30.9 Å². The highest BCUT2D eigenvalue weighted by atomic mass is 35.5. The molecule has 9 heteroatoms. The highest BCUT2D eigenvalue weighted by Crippen LogP contribution is 2.44. The fraction of sp³-hybridized carbons (Fsp3) is 0.391. The summed E-state index contributed by atoms with van der Waals surface area (Å²) in [6.07, 6.45) is 5.69. The Hall–Kier alpha value is -2.29. The number of hydrogen-bond acceptors (Lipinski definition) is 5. The maximum atomic E-state index is 14.2. The van der Waals surface area contributed by atoms with Gasteiger partial charge in [0, 0.05) is 35.8 Å². The number of fused-ring (bicyclic) bond motifs is 1. The van der Waals surface area contributed by atoms with Crippen molar-refractivity contribution in [1.29, 1.82) is 0 Å². The van der Waals surface area contributed by atoms with E-state index in [0.717, 1.165) is 17.2 Å². The fourth-order valence-corrected chi connectivity index (χ4v) is 5.72. The van der Waals surface area contributed by atoms with Gasteiger partial charge < -0.3 is 21.1 Å². The zero-order valence-corrected chi connectivity index (χ0v) is 19.3. The van der Waals surface area contributed by atoms with E-state index in [4.69, 9.17) is 18.0 Å². The molecule has 4 N–H and O–H groups in total. The summed E-state index contributed by atoms with van der Waals surface area (Å²) in [4.78, 5) is 14.5. The Morgan fingerprint density at radius 3 is 2.72 bits per heavy atom. The molecule has 0 spiro atoms. The van der Waals surface area contributed by atoms with Crippen molar-refractivity contribution in [2.45, 2.75) is 32.6 Å². The number of aliphatic carboxylic acids is 1. The number of carbonyl (C=O) groups is 1. The van der Waals surface area contributed by atoms with Crippen molar-refractivity contribution < 1.29 is 18.7 Å². The molecule has 0 saturated carbocycles. The van der Waals surface area contributed by atoms with E-state index >= 15 is 0 Å². The van der Waals surface area contributed by atoms with Gasteiger partial charge in [-0.2, -0.15) is 0 Å². The van der Waals surface area contributed by atoms with E-state index in [1.165, 1.54) is 6.07 Å². The molecular formula is C23H26ClF2N3O2S. The number of nitrogens with two attached hydrogens (primary N) is 1. The average Bonchev–Trinajstić information content (AvgIpc) is 3.26. The lowest BCUT2D eigenvalue weighted by Gasteiger charge is -2.40. The van der Waals surface area contributed by atoms with Crippen LogP contribution in [0.3, 0.4) is 0 Å². The number of thiocarbonyl (C=S) groups is 1. The second-order valence-electron chi connectivity index (χ2n) is 8.11. The van der Waals surface area contributed by atoms with E-state index < -0.39 is 17.6 Å². The van der Waals surface area contributed by atoms with Gasteiger partial charge >= 0.3 is 5.97 Å². The van der Waals surface area contributed by atoms with Gasteiger partial charge in [0.25, 0.3) is 0 Å². The molecule has 0 fully saturated rings. The van der Waals surface area contributed by atoms with Gasteiger partial charge in [0.1, 0.15) is 11.6 Å². The third-order valence-electron chi connectivity index (χ3n) is 6.49. The molecule has 2 atom stereocenters. The van der Waals surface area contributed by atoms with Crippen molar-refractivity contribution in [3.63, 3.8) is 0 Å². The number of halogens is 3. The molecule has 1 heterocycles. The molecular weight excluding hydrogens is 456 g/mol. The van der Waals surface area contributed by atoms with Crippen molar-refractivity contribution >= 4 is 35.5 Å². The summed E-state index contributed by atoms with van der Waals surface area (Å²) in [6, 6.07) is 2.29. The Labute approximate surface area is 197 Å². The predicted octanol–water partition coefficient (Wildman–Crippen LogP) is 3.83. The van der Waals surface area contributed by atoms with Gasteiger partial charge in [0.15, 0.2) is 0 Å². The Kier molecular flexibility index (Phi) is 7.37. The lowest BCUT2D eigenvalue weighted by Crippen LogP contribution is -2.40. The van der Waals surface area contributed by atoms with Crippen molar-refractivity contribution in [2.75, 3.05) is 13.2 Å². The summed E-state index contributed by atoms with van der Waals surface area (Å²) in [5, 5.41) is 13.2. The van der Waals surface area contributed by atoms with Gasteiger partial charge in [0.05, 0.1) is 17.9 Å². The van der Waals surface area contributed by atoms with E-state index in [1.54, 1.807) is 12.4 Å². The third kappa shape index (κ3) is 4.07. The van der Waals surface area contributed by atoms with Crippen LogP contribution in [0.15, 0.2) is 46.9 Å². The van der Waals surface area contributed by atoms with Gasteiger partial charge in [-0.1, -0.05) is 19.1 Å². The van der Waals surface area contributed by atoms with Crippen molar-refractivity contribution in [1.82, 2.24) is 10.2 Å². The lowest BCUT2D eigenvalue weighted by atomic mass is 9.68. The van der Waals surface area contributed by atoms with Crippen molar-refractivity contribution in [2.24, 2.45) is 17.6 Å². The number of allylic oxidation sites excluding steroid dienone is 1. The quantitative estimate of drug-likeness (QED) is 0.555. The second-order valence-corrected chi connectivity index (χ2v) is 8.55. The topological polar surface area (TPSA) is 78.6 Å². The first-order valence-corrected chi connectivity index (χ1v) is 10.9. The Morgan fingerprint density at radius 2 is 2.12 bits per heavy atom. The molecule has 32 heavy (non-hydrogen) atoms. The zero-order valence-electron chi connectivity index (χ0n) is 17.7. The molecule has 1 aliphatic heterocycles. The van der Waals surface area contributed by atoms with E-state index in [2.05, 4.69) is 5.32 Å². The number of rotatable bonds is 5. The van der Waals surface area contributed by atoms with Crippen molar-refractivity contribution in [3.05, 3.63) is 69.7 Å². The maximum Gasteiger partial charge on any atom is 0.339 e. The molecule has 172 valence electrons. The van der Waals surface area contributed by atoms with Crippen LogP contribution in [0.2, 0.25) is 0 Å². The number of hydrogen-bond donors (Lipinski definition) is 3. The molecule has 1 aromatic carbocycles. The summed E-state index contributed by atoms with van der Waals surface area (Å²) in [5.41, 5.74) is 9.89. The highest BCUT2D eigenvalue weighted by molar-refractivity contribution is 7.81. The Balaban J connectivity index is 0.00000289. The monoisotopic (exact) mass is 481 g/mol. The van der Waals surface area contributed by atoms with Gasteiger partial charge in [-0.15, -0.1) is 12.4 Å². The van der Waals surface area contributed by atoms with Gasteiger partial charge in [0.2, 0.25) is 0 Å². The molecule has 3 aliphatic rings. The zero-order chi connectivity index (χ0) is 22.3. The highest BCUT2D eigenvalue weighted by Gasteiger charge is 2.42. The largest absolute Gasteiger partial charge is 0.478 e. The van der Waals surface area contributed by atoms with Crippen LogP contribution in [0, 0.1) is 23.5 Å². The smallest absolute Gasteiger partial charge is 0.339 e. The maximum absolute atomic E-state index is 14.2. The van der Waals surface area contributed by atoms with Crippen LogP contribution < -0.4 is 11.1 Å². The summed E-state index contributed by atoms with van der Waals surface area (Å²) in [7, 11) is 0. The van der Waals surface area contributed by atoms with Crippen LogP contribution in [-0.4, -0.2) is 34.1 Å². The summed E-state index contributed by atoms with van der Waals surface area (Å²) in [5.74, 6) is -2.60. The molecule has 0 amide bonds. The SMILES string of the molecule is CCC1=C(CN)C(C2CCc3c(F)cc(F)cc3C2)C(=S)C(C(=O)O)=C1N1C=CNC1.Cl. The van der Waals surface area contributed by atoms with E-state index in [-0.39, 0.29) is 36.4 Å². The van der Waals surface area contributed by atoms with Crippen molar-refractivity contribution in [3.8, 4) is 0 Å². The van der Waals surface area contributed by atoms with E-state index in [9.17, 15) is 18.7 Å². The Bertz CT molecular complexity index is 1050. The van der Waals surface area contributed by atoms with E-state index in [1.807, 2.05) is 11.8 Å². The molecule has 0 aromatic heterocycles. The molecule has 2 unspecified atom stereocenters. The van der Waals surface area contributed by atoms with Gasteiger partial charge in [-0.3, -0.25) is 0 Å². The molecule has 0 radical (unpaired) electrons. The van der Waals surface area contributed by atoms with Crippen LogP contribution in [0.25, 0.3) is 0 Å². The number of benzene rings is 1. The molecule has 2 aliphatic carbocycles. The summed E-state index contributed by atoms with van der Waals surface area (Å²) < 4.78 is 28.1.